The number of aromatic amines is 1. The van der Waals surface area contributed by atoms with Gasteiger partial charge in [-0.05, 0) is 55.0 Å². The van der Waals surface area contributed by atoms with E-state index in [9.17, 15) is 0 Å². The maximum Gasteiger partial charge on any atom is 0.216 e. The second kappa shape index (κ2) is 7.55. The Morgan fingerprint density at radius 1 is 1.28 bits per heavy atom. The van der Waals surface area contributed by atoms with Crippen molar-refractivity contribution in [1.82, 2.24) is 14.9 Å². The number of aryl methyl sites for hydroxylation is 1. The summed E-state index contributed by atoms with van der Waals surface area (Å²) in [6.45, 7) is 2.17. The molecule has 0 saturated carbocycles. The lowest BCUT2D eigenvalue weighted by molar-refractivity contribution is 0.306. The van der Waals surface area contributed by atoms with E-state index in [2.05, 4.69) is 21.4 Å². The molecule has 0 amide bonds. The Labute approximate surface area is 150 Å². The number of hydrogen-bond acceptors (Lipinski definition) is 5. The summed E-state index contributed by atoms with van der Waals surface area (Å²) in [6.07, 6.45) is 1.70. The number of benzene rings is 2. The molecule has 25 heavy (non-hydrogen) atoms. The molecular weight excluding hydrogens is 334 g/mol. The molecule has 0 bridgehead atoms. The number of rotatable bonds is 5. The highest BCUT2D eigenvalue weighted by Gasteiger charge is 2.02. The van der Waals surface area contributed by atoms with E-state index in [0.29, 0.717) is 22.8 Å². The molecule has 0 aliphatic carbocycles. The minimum atomic E-state index is 0.348. The van der Waals surface area contributed by atoms with Crippen molar-refractivity contribution in [3.8, 4) is 11.8 Å². The number of aromatic nitrogens is 3. The van der Waals surface area contributed by atoms with Crippen LogP contribution in [0.1, 0.15) is 22.5 Å². The highest BCUT2D eigenvalue weighted by molar-refractivity contribution is 7.71. The molecule has 0 aliphatic rings. The summed E-state index contributed by atoms with van der Waals surface area (Å²) in [5, 5.41) is 20.1. The van der Waals surface area contributed by atoms with Gasteiger partial charge in [0.1, 0.15) is 18.2 Å². The van der Waals surface area contributed by atoms with Gasteiger partial charge < -0.3 is 4.74 Å². The first-order valence-corrected chi connectivity index (χ1v) is 7.97. The van der Waals surface area contributed by atoms with Crippen LogP contribution in [0.3, 0.4) is 0 Å². The molecule has 0 unspecified atom stereocenters. The molecule has 3 aromatic rings. The number of ether oxygens (including phenoxy) is 1. The Morgan fingerprint density at radius 3 is 2.72 bits per heavy atom. The molecule has 0 fully saturated rings. The zero-order valence-electron chi connectivity index (χ0n) is 13.5. The second-order valence-electron chi connectivity index (χ2n) is 5.26. The summed E-state index contributed by atoms with van der Waals surface area (Å²) < 4.78 is 7.75. The minimum Gasteiger partial charge on any atom is -0.489 e. The van der Waals surface area contributed by atoms with Crippen molar-refractivity contribution in [2.45, 2.75) is 13.5 Å². The summed E-state index contributed by atoms with van der Waals surface area (Å²) in [4.78, 5) is 0. The van der Waals surface area contributed by atoms with Crippen molar-refractivity contribution < 1.29 is 4.74 Å². The average molecular weight is 349 g/mol. The number of nitrogens with one attached hydrogen (secondary N) is 1. The van der Waals surface area contributed by atoms with Gasteiger partial charge in [0.05, 0.1) is 17.8 Å². The normalized spacial score (nSPS) is 10.7. The first-order chi connectivity index (χ1) is 12.2. The van der Waals surface area contributed by atoms with Crippen molar-refractivity contribution >= 4 is 18.4 Å². The Morgan fingerprint density at radius 2 is 2.04 bits per heavy atom. The number of hydrogen-bond donors (Lipinski definition) is 1. The van der Waals surface area contributed by atoms with Crippen molar-refractivity contribution in [2.75, 3.05) is 0 Å². The number of nitriles is 1. The van der Waals surface area contributed by atoms with E-state index >= 15 is 0 Å². The van der Waals surface area contributed by atoms with Gasteiger partial charge in [0.2, 0.25) is 4.77 Å². The Balaban J connectivity index is 1.67. The third kappa shape index (κ3) is 4.00. The van der Waals surface area contributed by atoms with Crippen LogP contribution >= 0.6 is 12.2 Å². The lowest BCUT2D eigenvalue weighted by atomic mass is 10.1. The zero-order chi connectivity index (χ0) is 17.6. The molecule has 1 N–H and O–H groups in total. The van der Waals surface area contributed by atoms with Crippen molar-refractivity contribution in [3.05, 3.63) is 75.8 Å². The highest BCUT2D eigenvalue weighted by atomic mass is 32.1. The summed E-state index contributed by atoms with van der Waals surface area (Å²) >= 11 is 5.10. The zero-order valence-corrected chi connectivity index (χ0v) is 14.3. The smallest absolute Gasteiger partial charge is 0.216 e. The molecule has 0 radical (unpaired) electrons. The van der Waals surface area contributed by atoms with Crippen molar-refractivity contribution in [1.29, 1.82) is 5.26 Å². The monoisotopic (exact) mass is 349 g/mol. The van der Waals surface area contributed by atoms with Gasteiger partial charge in [0, 0.05) is 5.56 Å². The summed E-state index contributed by atoms with van der Waals surface area (Å²) in [7, 11) is 0. The van der Waals surface area contributed by atoms with Crippen LogP contribution < -0.4 is 4.74 Å². The van der Waals surface area contributed by atoms with E-state index < -0.39 is 0 Å². The fourth-order valence-corrected chi connectivity index (χ4v) is 2.42. The summed E-state index contributed by atoms with van der Waals surface area (Å²) in [5.74, 6) is 1.42. The molecule has 1 heterocycles. The van der Waals surface area contributed by atoms with Crippen LogP contribution in [-0.2, 0) is 6.61 Å². The van der Waals surface area contributed by atoms with Gasteiger partial charge in [0.25, 0.3) is 0 Å². The maximum absolute atomic E-state index is 9.09. The SMILES string of the molecule is Cc1n[nH]c(=S)n1/N=C\c1ccc(OCc2ccccc2C#N)cc1. The molecule has 1 aromatic heterocycles. The predicted molar refractivity (Wildman–Crippen MR) is 97.1 cm³/mol. The lowest BCUT2D eigenvalue weighted by Gasteiger charge is -2.07. The molecule has 0 atom stereocenters. The van der Waals surface area contributed by atoms with E-state index in [4.69, 9.17) is 22.2 Å². The molecule has 0 aliphatic heterocycles. The largest absolute Gasteiger partial charge is 0.489 e. The van der Waals surface area contributed by atoms with Crippen LogP contribution in [0.25, 0.3) is 0 Å². The maximum atomic E-state index is 9.09. The first-order valence-electron chi connectivity index (χ1n) is 7.56. The summed E-state index contributed by atoms with van der Waals surface area (Å²) in [5.41, 5.74) is 2.39. The molecule has 2 aromatic carbocycles. The van der Waals surface area contributed by atoms with E-state index in [1.165, 1.54) is 0 Å². The van der Waals surface area contributed by atoms with Gasteiger partial charge in [-0.2, -0.15) is 20.1 Å². The molecule has 0 saturated heterocycles. The number of H-pyrrole nitrogens is 1. The van der Waals surface area contributed by atoms with Crippen LogP contribution in [0.2, 0.25) is 0 Å². The third-order valence-electron chi connectivity index (χ3n) is 3.55. The average Bonchev–Trinajstić information content (AvgIpc) is 2.97. The van der Waals surface area contributed by atoms with Crippen LogP contribution in [0.5, 0.6) is 5.75 Å². The van der Waals surface area contributed by atoms with Crippen LogP contribution in [0, 0.1) is 23.0 Å². The van der Waals surface area contributed by atoms with E-state index in [1.54, 1.807) is 17.0 Å². The van der Waals surface area contributed by atoms with Gasteiger partial charge in [-0.3, -0.25) is 5.10 Å². The Kier molecular flexibility index (Phi) is 5.02. The molecule has 6 nitrogen and oxygen atoms in total. The van der Waals surface area contributed by atoms with Crippen molar-refractivity contribution in [2.24, 2.45) is 5.10 Å². The van der Waals surface area contributed by atoms with E-state index in [-0.39, 0.29) is 0 Å². The first kappa shape index (κ1) is 16.6. The third-order valence-corrected chi connectivity index (χ3v) is 3.81. The van der Waals surface area contributed by atoms with E-state index in [0.717, 1.165) is 16.9 Å². The quantitative estimate of drug-likeness (QED) is 0.564. The molecular formula is C18H15N5OS. The second-order valence-corrected chi connectivity index (χ2v) is 5.65. The summed E-state index contributed by atoms with van der Waals surface area (Å²) in [6, 6.07) is 17.1. The standard InChI is InChI=1S/C18H15N5OS/c1-13-21-22-18(25)23(13)20-11-14-6-8-17(9-7-14)24-12-16-5-3-2-4-15(16)10-19/h2-9,11H,12H2,1H3,(H,22,25)/b20-11-. The highest BCUT2D eigenvalue weighted by Crippen LogP contribution is 2.15. The fraction of sp³-hybridized carbons (Fsp3) is 0.111. The Hall–Kier alpha value is -3.24. The topological polar surface area (TPSA) is 79.0 Å². The molecule has 124 valence electrons. The fourth-order valence-electron chi connectivity index (χ4n) is 2.20. The van der Waals surface area contributed by atoms with Gasteiger partial charge in [-0.15, -0.1) is 0 Å². The van der Waals surface area contributed by atoms with Gasteiger partial charge in [-0.1, -0.05) is 18.2 Å². The van der Waals surface area contributed by atoms with Gasteiger partial charge in [-0.25, -0.2) is 0 Å². The van der Waals surface area contributed by atoms with Gasteiger partial charge >= 0.3 is 0 Å². The molecule has 3 rings (SSSR count). The molecule has 0 spiro atoms. The Bertz CT molecular complexity index is 995. The number of nitrogens with zero attached hydrogens (tertiary/aromatic N) is 4. The van der Waals surface area contributed by atoms with Gasteiger partial charge in [0.15, 0.2) is 0 Å². The lowest BCUT2D eigenvalue weighted by Crippen LogP contribution is -1.98. The van der Waals surface area contributed by atoms with E-state index in [1.807, 2.05) is 49.4 Å². The molecule has 7 heteroatoms. The van der Waals surface area contributed by atoms with Crippen LogP contribution in [0.4, 0.5) is 0 Å². The van der Waals surface area contributed by atoms with Crippen LogP contribution in [-0.4, -0.2) is 21.1 Å². The minimum absolute atomic E-state index is 0.348. The van der Waals surface area contributed by atoms with Crippen molar-refractivity contribution in [3.63, 3.8) is 0 Å². The predicted octanol–water partition coefficient (Wildman–Crippen LogP) is 3.58. The van der Waals surface area contributed by atoms with Crippen LogP contribution in [0.15, 0.2) is 53.6 Å².